The second-order valence-electron chi connectivity index (χ2n) is 7.66. The highest BCUT2D eigenvalue weighted by atomic mass is 35.5. The summed E-state index contributed by atoms with van der Waals surface area (Å²) in [6.45, 7) is 3.82. The molecule has 9 heteroatoms. The molecule has 6 nitrogen and oxygen atoms in total. The van der Waals surface area contributed by atoms with Gasteiger partial charge in [0.1, 0.15) is 0 Å². The van der Waals surface area contributed by atoms with Gasteiger partial charge in [-0.1, -0.05) is 41.4 Å². The Labute approximate surface area is 192 Å². The molecule has 0 aliphatic carbocycles. The Bertz CT molecular complexity index is 1080. The number of nitrogens with one attached hydrogen (secondary N) is 1. The SMILES string of the molecule is CC(=O)c1ccc(S(=O)(=O)N2CCC(C(=O)NC(C)c3ccc(Cl)c(Cl)c3)CC2)cc1. The number of halogens is 2. The van der Waals surface area contributed by atoms with E-state index in [0.29, 0.717) is 28.5 Å². The lowest BCUT2D eigenvalue weighted by Crippen LogP contribution is -2.43. The molecule has 1 amide bonds. The zero-order chi connectivity index (χ0) is 22.8. The van der Waals surface area contributed by atoms with Crippen LogP contribution in [-0.4, -0.2) is 37.5 Å². The van der Waals surface area contributed by atoms with Crippen LogP contribution >= 0.6 is 23.2 Å². The van der Waals surface area contributed by atoms with Crippen molar-refractivity contribution in [1.29, 1.82) is 0 Å². The van der Waals surface area contributed by atoms with Crippen molar-refractivity contribution in [2.24, 2.45) is 5.92 Å². The Morgan fingerprint density at radius 2 is 1.65 bits per heavy atom. The van der Waals surface area contributed by atoms with Gasteiger partial charge in [0.2, 0.25) is 15.9 Å². The van der Waals surface area contributed by atoms with Crippen LogP contribution in [0.3, 0.4) is 0 Å². The van der Waals surface area contributed by atoms with Crippen LogP contribution < -0.4 is 5.32 Å². The van der Waals surface area contributed by atoms with Crippen LogP contribution in [0.4, 0.5) is 0 Å². The van der Waals surface area contributed by atoms with Crippen LogP contribution in [-0.2, 0) is 14.8 Å². The molecule has 0 aromatic heterocycles. The first-order valence-corrected chi connectivity index (χ1v) is 12.2. The first kappa shape index (κ1) is 23.7. The smallest absolute Gasteiger partial charge is 0.243 e. The Hall–Kier alpha value is -1.93. The summed E-state index contributed by atoms with van der Waals surface area (Å²) in [7, 11) is -3.67. The number of sulfonamides is 1. The largest absolute Gasteiger partial charge is 0.349 e. The van der Waals surface area contributed by atoms with Crippen molar-refractivity contribution in [2.75, 3.05) is 13.1 Å². The number of amides is 1. The second kappa shape index (κ2) is 9.69. The molecule has 2 aromatic rings. The van der Waals surface area contributed by atoms with Crippen LogP contribution in [0.1, 0.15) is 48.7 Å². The maximum absolute atomic E-state index is 12.9. The molecule has 1 saturated heterocycles. The van der Waals surface area contributed by atoms with E-state index in [-0.39, 0.29) is 41.6 Å². The first-order chi connectivity index (χ1) is 14.6. The van der Waals surface area contributed by atoms with Gasteiger partial charge in [-0.2, -0.15) is 4.31 Å². The topological polar surface area (TPSA) is 83.6 Å². The minimum atomic E-state index is -3.67. The molecular formula is C22H24Cl2N2O4S. The van der Waals surface area contributed by atoms with Gasteiger partial charge in [-0.3, -0.25) is 9.59 Å². The molecule has 0 spiro atoms. The molecule has 166 valence electrons. The first-order valence-electron chi connectivity index (χ1n) is 9.96. The molecule has 0 bridgehead atoms. The summed E-state index contributed by atoms with van der Waals surface area (Å²) in [5.41, 5.74) is 1.31. The average molecular weight is 483 g/mol. The van der Waals surface area contributed by atoms with Crippen LogP contribution in [0, 0.1) is 5.92 Å². The molecule has 31 heavy (non-hydrogen) atoms. The van der Waals surface area contributed by atoms with Crippen molar-refractivity contribution < 1.29 is 18.0 Å². The van der Waals surface area contributed by atoms with Gasteiger partial charge in [0, 0.05) is 24.6 Å². The molecule has 0 saturated carbocycles. The van der Waals surface area contributed by atoms with Gasteiger partial charge < -0.3 is 5.32 Å². The summed E-state index contributed by atoms with van der Waals surface area (Å²) >= 11 is 12.0. The highest BCUT2D eigenvalue weighted by Gasteiger charge is 2.32. The third-order valence-corrected chi connectivity index (χ3v) is 8.18. The lowest BCUT2D eigenvalue weighted by Gasteiger charge is -2.31. The quantitative estimate of drug-likeness (QED) is 0.615. The minimum Gasteiger partial charge on any atom is -0.349 e. The summed E-state index contributed by atoms with van der Waals surface area (Å²) in [5, 5.41) is 3.85. The summed E-state index contributed by atoms with van der Waals surface area (Å²) < 4.78 is 27.2. The molecule has 1 N–H and O–H groups in total. The van der Waals surface area contributed by atoms with Gasteiger partial charge in [-0.25, -0.2) is 8.42 Å². The normalized spacial score (nSPS) is 16.6. The maximum Gasteiger partial charge on any atom is 0.243 e. The Morgan fingerprint density at radius 3 is 2.19 bits per heavy atom. The zero-order valence-electron chi connectivity index (χ0n) is 17.3. The van der Waals surface area contributed by atoms with Crippen molar-refractivity contribution >= 4 is 44.9 Å². The molecule has 2 aromatic carbocycles. The summed E-state index contributed by atoms with van der Waals surface area (Å²) in [6, 6.07) is 10.9. The van der Waals surface area contributed by atoms with E-state index in [0.717, 1.165) is 5.56 Å². The number of ketones is 1. The van der Waals surface area contributed by atoms with E-state index >= 15 is 0 Å². The molecule has 1 atom stereocenters. The molecule has 0 radical (unpaired) electrons. The van der Waals surface area contributed by atoms with E-state index in [1.165, 1.54) is 35.5 Å². The second-order valence-corrected chi connectivity index (χ2v) is 10.4. The number of piperidine rings is 1. The van der Waals surface area contributed by atoms with Crippen LogP contribution in [0.25, 0.3) is 0 Å². The number of carbonyl (C=O) groups excluding carboxylic acids is 2. The molecule has 1 aliphatic heterocycles. The molecule has 3 rings (SSSR count). The van der Waals surface area contributed by atoms with Gasteiger partial charge in [-0.15, -0.1) is 0 Å². The van der Waals surface area contributed by atoms with Crippen molar-refractivity contribution in [2.45, 2.75) is 37.6 Å². The number of benzene rings is 2. The zero-order valence-corrected chi connectivity index (χ0v) is 19.6. The fraction of sp³-hybridized carbons (Fsp3) is 0.364. The number of hydrogen-bond acceptors (Lipinski definition) is 4. The number of carbonyl (C=O) groups is 2. The fourth-order valence-electron chi connectivity index (χ4n) is 3.57. The highest BCUT2D eigenvalue weighted by molar-refractivity contribution is 7.89. The van der Waals surface area contributed by atoms with Crippen LogP contribution in [0.15, 0.2) is 47.4 Å². The molecular weight excluding hydrogens is 459 g/mol. The number of Topliss-reactive ketones (excluding diaryl/α,β-unsaturated/α-hetero) is 1. The van der Waals surface area contributed by atoms with Crippen LogP contribution in [0.5, 0.6) is 0 Å². The Balaban J connectivity index is 1.59. The number of hydrogen-bond donors (Lipinski definition) is 1. The standard InChI is InChI=1S/C22H24Cl2N2O4S/c1-14(18-5-8-20(23)21(24)13-18)25-22(28)17-9-11-26(12-10-17)31(29,30)19-6-3-16(4-7-19)15(2)27/h3-8,13-14,17H,9-12H2,1-2H3,(H,25,28). The van der Waals surface area contributed by atoms with Crippen LogP contribution in [0.2, 0.25) is 10.0 Å². The summed E-state index contributed by atoms with van der Waals surface area (Å²) in [5.74, 6) is -0.496. The maximum atomic E-state index is 12.9. The number of rotatable bonds is 6. The lowest BCUT2D eigenvalue weighted by atomic mass is 9.96. The van der Waals surface area contributed by atoms with E-state index < -0.39 is 10.0 Å². The molecule has 1 heterocycles. The van der Waals surface area contributed by atoms with Gasteiger partial charge in [0.25, 0.3) is 0 Å². The van der Waals surface area contributed by atoms with E-state index in [2.05, 4.69) is 5.32 Å². The van der Waals surface area contributed by atoms with Gasteiger partial charge in [-0.05, 0) is 56.5 Å². The van der Waals surface area contributed by atoms with Gasteiger partial charge >= 0.3 is 0 Å². The van der Waals surface area contributed by atoms with Crippen molar-refractivity contribution in [1.82, 2.24) is 9.62 Å². The van der Waals surface area contributed by atoms with E-state index in [4.69, 9.17) is 23.2 Å². The van der Waals surface area contributed by atoms with Crippen molar-refractivity contribution in [3.8, 4) is 0 Å². The monoisotopic (exact) mass is 482 g/mol. The molecule has 1 fully saturated rings. The fourth-order valence-corrected chi connectivity index (χ4v) is 5.34. The predicted octanol–water partition coefficient (Wildman–Crippen LogP) is 4.47. The van der Waals surface area contributed by atoms with Crippen molar-refractivity contribution in [3.63, 3.8) is 0 Å². The Kier molecular flexibility index (Phi) is 7.42. The van der Waals surface area contributed by atoms with E-state index in [9.17, 15) is 18.0 Å². The third kappa shape index (κ3) is 5.47. The highest BCUT2D eigenvalue weighted by Crippen LogP contribution is 2.27. The van der Waals surface area contributed by atoms with Crippen molar-refractivity contribution in [3.05, 3.63) is 63.6 Å². The summed E-state index contributed by atoms with van der Waals surface area (Å²) in [4.78, 5) is 24.2. The third-order valence-electron chi connectivity index (χ3n) is 5.53. The number of nitrogens with zero attached hydrogens (tertiary/aromatic N) is 1. The van der Waals surface area contributed by atoms with E-state index in [1.807, 2.05) is 13.0 Å². The van der Waals surface area contributed by atoms with Gasteiger partial charge in [0.15, 0.2) is 5.78 Å². The summed E-state index contributed by atoms with van der Waals surface area (Å²) in [6.07, 6.45) is 0.870. The Morgan fingerprint density at radius 1 is 1.03 bits per heavy atom. The molecule has 1 aliphatic rings. The predicted molar refractivity (Wildman–Crippen MR) is 121 cm³/mol. The average Bonchev–Trinajstić information content (AvgIpc) is 2.75. The van der Waals surface area contributed by atoms with Gasteiger partial charge in [0.05, 0.1) is 21.0 Å². The minimum absolute atomic E-state index is 0.110. The lowest BCUT2D eigenvalue weighted by molar-refractivity contribution is -0.126. The van der Waals surface area contributed by atoms with E-state index in [1.54, 1.807) is 12.1 Å². The molecule has 1 unspecified atom stereocenters.